The standard InChI is InChI=1S/C32H28Cl3F2N7O3/c1-6-18(45)42-9-10-43-17(12-42)31(46)41(5)29-21-28(22(35)19(24(29)37)20-23(36)15(33)11-16(34)25(20)38)44(32(47)40-30(21)43)27-14(4)7-8-39-26(27)13(2)3/h6-8,11,13,17H,1,9-10,12,38H2,2-5H3. The highest BCUT2D eigenvalue weighted by atomic mass is 35.5. The highest BCUT2D eigenvalue weighted by molar-refractivity contribution is 6.41. The van der Waals surface area contributed by atoms with Crippen LogP contribution in [0.1, 0.15) is 31.0 Å². The Morgan fingerprint density at radius 3 is 2.47 bits per heavy atom. The Hall–Kier alpha value is -4.26. The molecule has 0 aliphatic carbocycles. The molecule has 4 heterocycles. The highest BCUT2D eigenvalue weighted by Gasteiger charge is 2.44. The average molecular weight is 703 g/mol. The van der Waals surface area contributed by atoms with Crippen molar-refractivity contribution in [1.82, 2.24) is 19.4 Å². The maximum Gasteiger partial charge on any atom is 0.354 e. The van der Waals surface area contributed by atoms with Crippen molar-refractivity contribution in [1.29, 1.82) is 0 Å². The van der Waals surface area contributed by atoms with E-state index < -0.39 is 56.4 Å². The molecule has 1 atom stereocenters. The third kappa shape index (κ3) is 4.84. The molecule has 15 heteroatoms. The van der Waals surface area contributed by atoms with Crippen molar-refractivity contribution >= 4 is 74.7 Å². The summed E-state index contributed by atoms with van der Waals surface area (Å²) in [6, 6.07) is 1.71. The number of anilines is 3. The number of pyridine rings is 1. The number of carbonyl (C=O) groups excluding carboxylic acids is 2. The Morgan fingerprint density at radius 1 is 1.11 bits per heavy atom. The molecule has 0 radical (unpaired) electrons. The van der Waals surface area contributed by atoms with Crippen LogP contribution in [0, 0.1) is 18.6 Å². The van der Waals surface area contributed by atoms with Gasteiger partial charge in [-0.3, -0.25) is 19.1 Å². The first-order valence-corrected chi connectivity index (χ1v) is 15.7. The van der Waals surface area contributed by atoms with E-state index in [1.54, 1.807) is 24.1 Å². The molecule has 2 aromatic heterocycles. The lowest BCUT2D eigenvalue weighted by Crippen LogP contribution is -2.60. The molecule has 0 saturated carbocycles. The minimum absolute atomic E-state index is 0.0164. The minimum atomic E-state index is -1.12. The molecule has 1 saturated heterocycles. The van der Waals surface area contributed by atoms with Gasteiger partial charge in [-0.2, -0.15) is 4.98 Å². The molecule has 2 aliphatic rings. The second-order valence-electron chi connectivity index (χ2n) is 11.7. The molecule has 1 fully saturated rings. The van der Waals surface area contributed by atoms with Crippen LogP contribution in [-0.4, -0.2) is 64.0 Å². The highest BCUT2D eigenvalue weighted by Crippen LogP contribution is 2.51. The van der Waals surface area contributed by atoms with Crippen LogP contribution < -0.4 is 21.2 Å². The van der Waals surface area contributed by atoms with E-state index in [4.69, 9.17) is 40.5 Å². The van der Waals surface area contributed by atoms with E-state index in [1.807, 2.05) is 13.8 Å². The number of benzene rings is 2. The van der Waals surface area contributed by atoms with Gasteiger partial charge in [-0.25, -0.2) is 13.6 Å². The Balaban J connectivity index is 1.84. The molecule has 0 spiro atoms. The number of nitrogens with two attached hydrogens (primary N) is 1. The number of nitrogen functional groups attached to an aromatic ring is 1. The molecule has 6 rings (SSSR count). The number of hydrogen-bond acceptors (Lipinski definition) is 7. The summed E-state index contributed by atoms with van der Waals surface area (Å²) < 4.78 is 34.3. The number of fused-ring (bicyclic) bond motifs is 2. The maximum atomic E-state index is 17.2. The third-order valence-corrected chi connectivity index (χ3v) is 9.60. The lowest BCUT2D eigenvalue weighted by Gasteiger charge is -2.40. The van der Waals surface area contributed by atoms with Gasteiger partial charge in [-0.1, -0.05) is 55.2 Å². The normalized spacial score (nSPS) is 16.2. The van der Waals surface area contributed by atoms with E-state index in [9.17, 15) is 14.4 Å². The van der Waals surface area contributed by atoms with Gasteiger partial charge in [-0.15, -0.1) is 0 Å². The van der Waals surface area contributed by atoms with Crippen LogP contribution in [0.4, 0.5) is 26.0 Å². The molecule has 1 unspecified atom stereocenters. The number of rotatable bonds is 4. The summed E-state index contributed by atoms with van der Waals surface area (Å²) in [5.41, 5.74) is 5.03. The lowest BCUT2D eigenvalue weighted by atomic mass is 9.97. The summed E-state index contributed by atoms with van der Waals surface area (Å²) in [6.45, 7) is 9.21. The number of carbonyl (C=O) groups is 2. The number of aryl methyl sites for hydroxylation is 1. The largest absolute Gasteiger partial charge is 0.397 e. The second-order valence-corrected chi connectivity index (χ2v) is 12.9. The minimum Gasteiger partial charge on any atom is -0.397 e. The fourth-order valence-corrected chi connectivity index (χ4v) is 7.20. The topological polar surface area (TPSA) is 118 Å². The lowest BCUT2D eigenvalue weighted by molar-refractivity contribution is -0.128. The summed E-state index contributed by atoms with van der Waals surface area (Å²) in [5, 5.41) is -1.00. The number of halogens is 5. The molecule has 10 nitrogen and oxygen atoms in total. The zero-order valence-corrected chi connectivity index (χ0v) is 27.9. The SMILES string of the molecule is C=CC(=O)N1CCN2c3nc(=O)n(-c4c(C)ccnc4C(C)C)c4c(Cl)c(-c5c(N)c(Cl)cc(Cl)c5F)c(F)c(c34)N(C)C(=O)C2C1. The first-order valence-electron chi connectivity index (χ1n) is 14.5. The quantitative estimate of drug-likeness (QED) is 0.160. The molecule has 2 aliphatic heterocycles. The molecular weight excluding hydrogens is 675 g/mol. The van der Waals surface area contributed by atoms with Gasteiger partial charge in [-0.05, 0) is 36.6 Å². The van der Waals surface area contributed by atoms with E-state index in [0.29, 0.717) is 16.9 Å². The van der Waals surface area contributed by atoms with Gasteiger partial charge in [0.15, 0.2) is 11.6 Å². The van der Waals surface area contributed by atoms with Crippen molar-refractivity contribution in [3.05, 3.63) is 79.4 Å². The van der Waals surface area contributed by atoms with Gasteiger partial charge in [0.1, 0.15) is 11.9 Å². The van der Waals surface area contributed by atoms with Crippen LogP contribution in [0.3, 0.4) is 0 Å². The van der Waals surface area contributed by atoms with Crippen molar-refractivity contribution in [2.45, 2.75) is 32.7 Å². The fourth-order valence-electron chi connectivity index (χ4n) is 6.38. The number of amides is 2. The van der Waals surface area contributed by atoms with E-state index in [1.165, 1.54) is 16.5 Å². The number of aromatic nitrogens is 3. The predicted octanol–water partition coefficient (Wildman–Crippen LogP) is 5.88. The molecular formula is C32H28Cl3F2N7O3. The van der Waals surface area contributed by atoms with Crippen molar-refractivity contribution < 1.29 is 18.4 Å². The Morgan fingerprint density at radius 2 is 1.81 bits per heavy atom. The van der Waals surface area contributed by atoms with Gasteiger partial charge in [0.05, 0.1) is 55.3 Å². The molecule has 244 valence electrons. The molecule has 2 aromatic carbocycles. The van der Waals surface area contributed by atoms with Crippen molar-refractivity contribution in [3.63, 3.8) is 0 Å². The first-order chi connectivity index (χ1) is 22.2. The van der Waals surface area contributed by atoms with Gasteiger partial charge >= 0.3 is 5.69 Å². The van der Waals surface area contributed by atoms with E-state index in [-0.39, 0.29) is 58.7 Å². The number of hydrogen-bond donors (Lipinski definition) is 1. The van der Waals surface area contributed by atoms with Crippen LogP contribution in [0.2, 0.25) is 15.1 Å². The van der Waals surface area contributed by atoms with E-state index in [2.05, 4.69) is 16.5 Å². The summed E-state index contributed by atoms with van der Waals surface area (Å²) >= 11 is 19.6. The van der Waals surface area contributed by atoms with Crippen molar-refractivity contribution in [3.8, 4) is 16.8 Å². The number of nitrogens with zero attached hydrogens (tertiary/aromatic N) is 6. The number of likely N-dealkylation sites (N-methyl/N-ethyl adjacent to an activating group) is 1. The summed E-state index contributed by atoms with van der Waals surface area (Å²) in [5.74, 6) is -3.46. The van der Waals surface area contributed by atoms with Crippen LogP contribution in [0.25, 0.3) is 27.7 Å². The Labute approximate surface area is 282 Å². The van der Waals surface area contributed by atoms with Crippen LogP contribution in [0.15, 0.2) is 35.8 Å². The van der Waals surface area contributed by atoms with Gasteiger partial charge in [0.25, 0.3) is 5.91 Å². The van der Waals surface area contributed by atoms with Crippen molar-refractivity contribution in [2.75, 3.05) is 42.2 Å². The van der Waals surface area contributed by atoms with Crippen LogP contribution in [-0.2, 0) is 9.59 Å². The summed E-state index contributed by atoms with van der Waals surface area (Å²) in [7, 11) is 1.34. The Kier molecular flexibility index (Phi) is 8.18. The molecule has 47 heavy (non-hydrogen) atoms. The van der Waals surface area contributed by atoms with Crippen molar-refractivity contribution in [2.24, 2.45) is 0 Å². The number of piperazine rings is 1. The molecule has 2 amide bonds. The zero-order valence-electron chi connectivity index (χ0n) is 25.7. The predicted molar refractivity (Wildman–Crippen MR) is 180 cm³/mol. The van der Waals surface area contributed by atoms with E-state index >= 15 is 8.78 Å². The zero-order chi connectivity index (χ0) is 34.2. The van der Waals surface area contributed by atoms with Gasteiger partial charge in [0, 0.05) is 37.5 Å². The van der Waals surface area contributed by atoms with Gasteiger partial charge < -0.3 is 20.4 Å². The second kappa shape index (κ2) is 11.8. The fraction of sp³-hybridized carbons (Fsp3) is 0.281. The summed E-state index contributed by atoms with van der Waals surface area (Å²) in [4.78, 5) is 54.0. The molecule has 0 bridgehead atoms. The average Bonchev–Trinajstić information content (AvgIpc) is 3.12. The van der Waals surface area contributed by atoms with Crippen LogP contribution in [0.5, 0.6) is 0 Å². The molecule has 2 N–H and O–H groups in total. The third-order valence-electron chi connectivity index (χ3n) is 8.64. The monoisotopic (exact) mass is 701 g/mol. The smallest absolute Gasteiger partial charge is 0.354 e. The van der Waals surface area contributed by atoms with Crippen LogP contribution >= 0.6 is 34.8 Å². The molecule has 4 aromatic rings. The van der Waals surface area contributed by atoms with Gasteiger partial charge in [0.2, 0.25) is 5.91 Å². The maximum absolute atomic E-state index is 17.2. The first kappa shape index (κ1) is 32.7. The summed E-state index contributed by atoms with van der Waals surface area (Å²) in [6.07, 6.45) is 2.73. The van der Waals surface area contributed by atoms with E-state index in [0.717, 1.165) is 17.0 Å². The Bertz CT molecular complexity index is 2090.